The number of nitrogens with zero attached hydrogens (tertiary/aromatic N) is 1. The van der Waals surface area contributed by atoms with Gasteiger partial charge in [-0.25, -0.2) is 4.39 Å². The van der Waals surface area contributed by atoms with Crippen LogP contribution in [0.4, 0.5) is 4.39 Å². The fourth-order valence-corrected chi connectivity index (χ4v) is 2.43. The van der Waals surface area contributed by atoms with Gasteiger partial charge < -0.3 is 25.0 Å². The third-order valence-electron chi connectivity index (χ3n) is 3.10. The molecule has 20 heavy (non-hydrogen) atoms. The van der Waals surface area contributed by atoms with Crippen LogP contribution in [-0.4, -0.2) is 49.3 Å². The van der Waals surface area contributed by atoms with Crippen LogP contribution in [0.1, 0.15) is 6.23 Å². The molecule has 1 fully saturated rings. The van der Waals surface area contributed by atoms with Gasteiger partial charge in [-0.3, -0.25) is 4.57 Å². The van der Waals surface area contributed by atoms with Crippen molar-refractivity contribution < 1.29 is 24.4 Å². The highest BCUT2D eigenvalue weighted by molar-refractivity contribution is 7.72. The Morgan fingerprint density at radius 3 is 2.70 bits per heavy atom. The summed E-state index contributed by atoms with van der Waals surface area (Å²) in [7, 11) is 0. The van der Waals surface area contributed by atoms with E-state index in [-0.39, 0.29) is 9.41 Å². The molecule has 0 amide bonds. The normalized spacial score (nSPS) is 33.0. The Morgan fingerprint density at radius 2 is 2.20 bits per heavy atom. The van der Waals surface area contributed by atoms with E-state index >= 15 is 0 Å². The summed E-state index contributed by atoms with van der Waals surface area (Å²) in [4.78, 5) is 2.41. The minimum absolute atomic E-state index is 0.0154. The first-order valence-electron chi connectivity index (χ1n) is 5.50. The molecule has 1 aromatic rings. The molecule has 0 bridgehead atoms. The zero-order chi connectivity index (χ0) is 15.1. The van der Waals surface area contributed by atoms with Gasteiger partial charge in [0.2, 0.25) is 0 Å². The zero-order valence-corrected chi connectivity index (χ0v) is 11.6. The van der Waals surface area contributed by atoms with Gasteiger partial charge in [-0.1, -0.05) is 18.1 Å². The van der Waals surface area contributed by atoms with E-state index in [9.17, 15) is 19.7 Å². The lowest BCUT2D eigenvalue weighted by Gasteiger charge is -2.23. The highest BCUT2D eigenvalue weighted by atomic mass is 32.1. The van der Waals surface area contributed by atoms with E-state index < -0.39 is 36.5 Å². The topological polar surface area (TPSA) is 90.6 Å². The summed E-state index contributed by atoms with van der Waals surface area (Å²) in [5, 5.41) is 29.2. The van der Waals surface area contributed by atoms with Gasteiger partial charge in [-0.15, -0.1) is 6.42 Å². The monoisotopic (exact) mass is 318 g/mol. The Balaban J connectivity index is 2.51. The first-order chi connectivity index (χ1) is 9.36. The molecule has 2 heterocycles. The van der Waals surface area contributed by atoms with E-state index in [1.54, 1.807) is 0 Å². The van der Waals surface area contributed by atoms with Crippen LogP contribution >= 0.6 is 24.4 Å². The van der Waals surface area contributed by atoms with Crippen LogP contribution in [0.5, 0.6) is 0 Å². The molecule has 1 saturated heterocycles. The predicted molar refractivity (Wildman–Crippen MR) is 71.2 cm³/mol. The summed E-state index contributed by atoms with van der Waals surface area (Å²) in [6.45, 7) is -0.711. The molecule has 9 heteroatoms. The molecule has 0 saturated carbocycles. The summed E-state index contributed by atoms with van der Waals surface area (Å²) in [5.41, 5.74) is -1.78. The number of aromatic amines is 1. The summed E-state index contributed by atoms with van der Waals surface area (Å²) in [5.74, 6) is 1.32. The van der Waals surface area contributed by atoms with Gasteiger partial charge in [-0.05, 0) is 12.2 Å². The minimum atomic E-state index is -1.78. The van der Waals surface area contributed by atoms with E-state index in [2.05, 4.69) is 23.1 Å². The average Bonchev–Trinajstić information content (AvgIpc) is 2.68. The molecule has 4 atom stereocenters. The molecule has 0 aliphatic carbocycles. The molecule has 1 aliphatic heterocycles. The van der Waals surface area contributed by atoms with Gasteiger partial charge in [0.1, 0.15) is 16.8 Å². The fourth-order valence-electron chi connectivity index (χ4n) is 1.95. The second-order valence-corrected chi connectivity index (χ2v) is 5.07. The number of rotatable bonds is 2. The lowest BCUT2D eigenvalue weighted by atomic mass is 9.97. The van der Waals surface area contributed by atoms with Gasteiger partial charge in [0, 0.05) is 6.20 Å². The second kappa shape index (κ2) is 5.33. The first-order valence-corrected chi connectivity index (χ1v) is 6.31. The summed E-state index contributed by atoms with van der Waals surface area (Å²) in [6, 6.07) is 0. The Morgan fingerprint density at radius 1 is 1.55 bits per heavy atom. The van der Waals surface area contributed by atoms with Crippen molar-refractivity contribution in [2.45, 2.75) is 24.0 Å². The molecule has 0 spiro atoms. The van der Waals surface area contributed by atoms with Crippen LogP contribution in [0.3, 0.4) is 0 Å². The molecule has 0 radical (unpaired) electrons. The van der Waals surface area contributed by atoms with Gasteiger partial charge >= 0.3 is 0 Å². The van der Waals surface area contributed by atoms with Crippen molar-refractivity contribution in [1.82, 2.24) is 9.55 Å². The van der Waals surface area contributed by atoms with Gasteiger partial charge in [0.05, 0.1) is 6.61 Å². The number of halogens is 1. The molecular weight excluding hydrogens is 307 g/mol. The number of nitrogens with one attached hydrogen (secondary N) is 1. The van der Waals surface area contributed by atoms with Crippen LogP contribution in [0.2, 0.25) is 0 Å². The zero-order valence-electron chi connectivity index (χ0n) is 9.99. The summed E-state index contributed by atoms with van der Waals surface area (Å²) < 4.78 is 19.7. The first kappa shape index (κ1) is 15.2. The van der Waals surface area contributed by atoms with Crippen LogP contribution in [-0.2, 0) is 4.74 Å². The number of hydrogen-bond acceptors (Lipinski definition) is 6. The van der Waals surface area contributed by atoms with Crippen LogP contribution < -0.4 is 0 Å². The van der Waals surface area contributed by atoms with Crippen molar-refractivity contribution in [1.29, 1.82) is 0 Å². The standard InChI is InChI=1S/C11H11FN2O4S2/c1-2-11(4-15)7(17)6(16)9(18-11)14-3-5(12)8(19)13-10(14)20/h1,3,6-7,9,15-17H,4H2,(H,13,19,20). The average molecular weight is 318 g/mol. The molecular formula is C11H11FN2O4S2. The van der Waals surface area contributed by atoms with Crippen molar-refractivity contribution in [2.75, 3.05) is 6.61 Å². The molecule has 4 unspecified atom stereocenters. The van der Waals surface area contributed by atoms with E-state index in [4.69, 9.17) is 23.4 Å². The number of aromatic nitrogens is 2. The predicted octanol–water partition coefficient (Wildman–Crippen LogP) is 0.0292. The number of hydrogen-bond donors (Lipinski definition) is 4. The fraction of sp³-hybridized carbons (Fsp3) is 0.455. The van der Waals surface area contributed by atoms with Crippen molar-refractivity contribution in [3.05, 3.63) is 21.4 Å². The van der Waals surface area contributed by atoms with Gasteiger partial charge in [-0.2, -0.15) is 0 Å². The van der Waals surface area contributed by atoms with Gasteiger partial charge in [0.15, 0.2) is 22.4 Å². The van der Waals surface area contributed by atoms with E-state index in [0.29, 0.717) is 0 Å². The largest absolute Gasteiger partial charge is 0.392 e. The molecule has 6 nitrogen and oxygen atoms in total. The maximum atomic E-state index is 13.5. The molecule has 0 aromatic carbocycles. The van der Waals surface area contributed by atoms with E-state index in [1.165, 1.54) is 0 Å². The Bertz CT molecular complexity index is 682. The smallest absolute Gasteiger partial charge is 0.182 e. The number of H-pyrrole nitrogens is 1. The van der Waals surface area contributed by atoms with Crippen LogP contribution in [0.15, 0.2) is 6.20 Å². The van der Waals surface area contributed by atoms with Crippen molar-refractivity contribution in [3.63, 3.8) is 0 Å². The minimum Gasteiger partial charge on any atom is -0.392 e. The molecule has 1 aliphatic rings. The maximum Gasteiger partial charge on any atom is 0.182 e. The van der Waals surface area contributed by atoms with Crippen molar-refractivity contribution in [2.24, 2.45) is 0 Å². The number of ether oxygens (including phenoxy) is 1. The van der Waals surface area contributed by atoms with Gasteiger partial charge in [0.25, 0.3) is 0 Å². The highest BCUT2D eigenvalue weighted by Gasteiger charge is 2.54. The van der Waals surface area contributed by atoms with E-state index in [1.807, 2.05) is 0 Å². The second-order valence-electron chi connectivity index (χ2n) is 4.28. The number of aliphatic hydroxyl groups excluding tert-OH is 3. The Hall–Kier alpha value is -1.15. The molecule has 108 valence electrons. The quantitative estimate of drug-likeness (QED) is 0.454. The SMILES string of the molecule is C#CC1(CO)OC(n2cc(F)c(=S)[nH]c2=S)C(O)C1O. The lowest BCUT2D eigenvalue weighted by Crippen LogP contribution is -2.44. The number of aliphatic hydroxyl groups is 3. The number of terminal acetylenes is 1. The maximum absolute atomic E-state index is 13.5. The third-order valence-corrected chi connectivity index (χ3v) is 3.71. The highest BCUT2D eigenvalue weighted by Crippen LogP contribution is 2.36. The van der Waals surface area contributed by atoms with Crippen molar-refractivity contribution in [3.8, 4) is 12.3 Å². The molecule has 2 rings (SSSR count). The third kappa shape index (κ3) is 2.20. The Labute approximate surface area is 123 Å². The van der Waals surface area contributed by atoms with E-state index in [0.717, 1.165) is 10.8 Å². The summed E-state index contributed by atoms with van der Waals surface area (Å²) in [6.07, 6.45) is 1.87. The van der Waals surface area contributed by atoms with Crippen LogP contribution in [0.25, 0.3) is 0 Å². The van der Waals surface area contributed by atoms with Crippen molar-refractivity contribution >= 4 is 24.4 Å². The van der Waals surface area contributed by atoms with Crippen LogP contribution in [0, 0.1) is 27.6 Å². The lowest BCUT2D eigenvalue weighted by molar-refractivity contribution is -0.0932. The molecule has 4 N–H and O–H groups in total. The summed E-state index contributed by atoms with van der Waals surface area (Å²) >= 11 is 9.64. The Kier molecular flexibility index (Phi) is 4.06. The molecule has 1 aromatic heterocycles.